The van der Waals surface area contributed by atoms with E-state index in [1.165, 1.54) is 38.8 Å². The highest BCUT2D eigenvalue weighted by Gasteiger charge is 2.43. The van der Waals surface area contributed by atoms with Gasteiger partial charge in [-0.25, -0.2) is 0 Å². The van der Waals surface area contributed by atoms with Crippen molar-refractivity contribution in [1.29, 1.82) is 0 Å². The fourth-order valence-electron chi connectivity index (χ4n) is 3.54. The topological polar surface area (TPSA) is 15.3 Å². The minimum atomic E-state index is 0.314. The Morgan fingerprint density at radius 3 is 2.47 bits per heavy atom. The fourth-order valence-corrected chi connectivity index (χ4v) is 4.53. The van der Waals surface area contributed by atoms with Crippen LogP contribution in [0.5, 0.6) is 0 Å². The van der Waals surface area contributed by atoms with Crippen LogP contribution in [0.3, 0.4) is 0 Å². The quantitative estimate of drug-likeness (QED) is 0.833. The molecule has 0 bridgehead atoms. The number of nitrogens with one attached hydrogen (secondary N) is 1. The second-order valence-electron chi connectivity index (χ2n) is 7.25. The largest absolute Gasteiger partial charge is 0.309 e. The summed E-state index contributed by atoms with van der Waals surface area (Å²) in [6.45, 7) is 13.1. The van der Waals surface area contributed by atoms with Crippen LogP contribution in [-0.4, -0.2) is 47.1 Å². The van der Waals surface area contributed by atoms with Crippen LogP contribution in [0.1, 0.15) is 53.4 Å². The number of piperazine rings is 1. The molecule has 1 aliphatic heterocycles. The summed E-state index contributed by atoms with van der Waals surface area (Å²) in [5, 5.41) is 3.80. The standard InChI is InChI=1S/C16H32N2S/c1-6-15(4)11-18(14(10-17-15)13(2)3)12-16(19-5)8-7-9-16/h13-14,17H,6-12H2,1-5H3. The number of rotatable bonds is 5. The van der Waals surface area contributed by atoms with Crippen LogP contribution in [0.4, 0.5) is 0 Å². The minimum absolute atomic E-state index is 0.314. The van der Waals surface area contributed by atoms with Gasteiger partial charge < -0.3 is 5.32 Å². The maximum Gasteiger partial charge on any atom is 0.0284 e. The molecule has 0 radical (unpaired) electrons. The molecule has 0 aromatic rings. The van der Waals surface area contributed by atoms with Crippen molar-refractivity contribution in [2.75, 3.05) is 25.9 Å². The summed E-state index contributed by atoms with van der Waals surface area (Å²) < 4.78 is 0.569. The molecule has 2 nitrogen and oxygen atoms in total. The average molecular weight is 285 g/mol. The Labute approximate surface area is 124 Å². The smallest absolute Gasteiger partial charge is 0.0284 e. The zero-order chi connectivity index (χ0) is 14.1. The van der Waals surface area contributed by atoms with Crippen molar-refractivity contribution in [1.82, 2.24) is 10.2 Å². The Hall–Kier alpha value is 0.270. The highest BCUT2D eigenvalue weighted by atomic mass is 32.2. The second kappa shape index (κ2) is 5.95. The van der Waals surface area contributed by atoms with Gasteiger partial charge in [0.25, 0.3) is 0 Å². The molecule has 3 heteroatoms. The minimum Gasteiger partial charge on any atom is -0.309 e. The molecule has 0 aromatic carbocycles. The van der Waals surface area contributed by atoms with Crippen molar-refractivity contribution in [3.05, 3.63) is 0 Å². The van der Waals surface area contributed by atoms with Crippen molar-refractivity contribution < 1.29 is 0 Å². The third-order valence-electron chi connectivity index (χ3n) is 5.50. The summed E-state index contributed by atoms with van der Waals surface area (Å²) in [6, 6.07) is 0.712. The van der Waals surface area contributed by atoms with E-state index in [0.717, 1.165) is 12.5 Å². The van der Waals surface area contributed by atoms with E-state index in [9.17, 15) is 0 Å². The normalized spacial score (nSPS) is 35.4. The molecular formula is C16H32N2S. The van der Waals surface area contributed by atoms with Gasteiger partial charge in [0.1, 0.15) is 0 Å². The van der Waals surface area contributed by atoms with Crippen LogP contribution >= 0.6 is 11.8 Å². The van der Waals surface area contributed by atoms with Crippen molar-refractivity contribution in [2.24, 2.45) is 5.92 Å². The molecule has 2 rings (SSSR count). The Morgan fingerprint density at radius 1 is 1.37 bits per heavy atom. The van der Waals surface area contributed by atoms with Crippen LogP contribution in [0, 0.1) is 5.92 Å². The molecule has 0 aromatic heterocycles. The van der Waals surface area contributed by atoms with Gasteiger partial charge >= 0.3 is 0 Å². The highest BCUT2D eigenvalue weighted by molar-refractivity contribution is 8.00. The third-order valence-corrected chi connectivity index (χ3v) is 6.90. The monoisotopic (exact) mass is 284 g/mol. The van der Waals surface area contributed by atoms with E-state index in [2.05, 4.69) is 55.9 Å². The molecule has 112 valence electrons. The van der Waals surface area contributed by atoms with Gasteiger partial charge in [-0.1, -0.05) is 27.2 Å². The summed E-state index contributed by atoms with van der Waals surface area (Å²) in [5.74, 6) is 0.743. The van der Waals surface area contributed by atoms with Gasteiger partial charge in [0.2, 0.25) is 0 Å². The first kappa shape index (κ1) is 15.7. The number of hydrogen-bond donors (Lipinski definition) is 1. The molecule has 1 saturated heterocycles. The van der Waals surface area contributed by atoms with Gasteiger partial charge in [0.05, 0.1) is 0 Å². The van der Waals surface area contributed by atoms with Crippen molar-refractivity contribution in [3.8, 4) is 0 Å². The molecule has 19 heavy (non-hydrogen) atoms. The van der Waals surface area contributed by atoms with Gasteiger partial charge in [-0.2, -0.15) is 11.8 Å². The van der Waals surface area contributed by atoms with Gasteiger partial charge in [0, 0.05) is 36.0 Å². The molecule has 0 spiro atoms. The molecule has 2 aliphatic rings. The fraction of sp³-hybridized carbons (Fsp3) is 1.00. The molecule has 1 aliphatic carbocycles. The molecular weight excluding hydrogens is 252 g/mol. The second-order valence-corrected chi connectivity index (χ2v) is 8.53. The van der Waals surface area contributed by atoms with Crippen LogP contribution in [-0.2, 0) is 0 Å². The zero-order valence-electron chi connectivity index (χ0n) is 13.5. The predicted molar refractivity (Wildman–Crippen MR) is 87.0 cm³/mol. The molecule has 2 atom stereocenters. The van der Waals surface area contributed by atoms with Gasteiger partial charge in [-0.3, -0.25) is 4.90 Å². The van der Waals surface area contributed by atoms with Crippen molar-refractivity contribution in [2.45, 2.75) is 69.7 Å². The first-order valence-corrected chi connectivity index (χ1v) is 9.20. The number of thioether (sulfide) groups is 1. The van der Waals surface area contributed by atoms with E-state index in [1.54, 1.807) is 0 Å². The molecule has 1 saturated carbocycles. The van der Waals surface area contributed by atoms with E-state index in [-0.39, 0.29) is 0 Å². The van der Waals surface area contributed by atoms with Crippen LogP contribution in [0.2, 0.25) is 0 Å². The zero-order valence-corrected chi connectivity index (χ0v) is 14.3. The lowest BCUT2D eigenvalue weighted by Gasteiger charge is -2.52. The summed E-state index contributed by atoms with van der Waals surface area (Å²) in [5.41, 5.74) is 0.314. The molecule has 2 fully saturated rings. The third kappa shape index (κ3) is 3.30. The Balaban J connectivity index is 2.07. The van der Waals surface area contributed by atoms with Gasteiger partial charge in [0.15, 0.2) is 0 Å². The lowest BCUT2D eigenvalue weighted by molar-refractivity contribution is 0.0429. The van der Waals surface area contributed by atoms with Crippen molar-refractivity contribution >= 4 is 11.8 Å². The van der Waals surface area contributed by atoms with E-state index in [1.807, 2.05) is 0 Å². The summed E-state index contributed by atoms with van der Waals surface area (Å²) in [7, 11) is 0. The molecule has 1 heterocycles. The number of hydrogen-bond acceptors (Lipinski definition) is 3. The maximum atomic E-state index is 3.80. The molecule has 0 amide bonds. The summed E-state index contributed by atoms with van der Waals surface area (Å²) >= 11 is 2.11. The van der Waals surface area contributed by atoms with Gasteiger partial charge in [-0.15, -0.1) is 0 Å². The Bertz CT molecular complexity index is 296. The van der Waals surface area contributed by atoms with Gasteiger partial charge in [-0.05, 0) is 38.4 Å². The SMILES string of the molecule is CCC1(C)CN(CC2(SC)CCC2)C(C(C)C)CN1. The van der Waals surface area contributed by atoms with Crippen LogP contribution in [0.25, 0.3) is 0 Å². The van der Waals surface area contributed by atoms with E-state index in [4.69, 9.17) is 0 Å². The molecule has 2 unspecified atom stereocenters. The average Bonchev–Trinajstić information content (AvgIpc) is 2.33. The van der Waals surface area contributed by atoms with Crippen LogP contribution in [0.15, 0.2) is 0 Å². The highest BCUT2D eigenvalue weighted by Crippen LogP contribution is 2.44. The maximum absolute atomic E-state index is 3.80. The van der Waals surface area contributed by atoms with Crippen LogP contribution < -0.4 is 5.32 Å². The lowest BCUT2D eigenvalue weighted by atomic mass is 9.81. The van der Waals surface area contributed by atoms with E-state index < -0.39 is 0 Å². The summed E-state index contributed by atoms with van der Waals surface area (Å²) in [4.78, 5) is 2.81. The summed E-state index contributed by atoms with van der Waals surface area (Å²) in [6.07, 6.45) is 7.81. The van der Waals surface area contributed by atoms with Crippen molar-refractivity contribution in [3.63, 3.8) is 0 Å². The first-order chi connectivity index (χ1) is 8.94. The van der Waals surface area contributed by atoms with E-state index >= 15 is 0 Å². The lowest BCUT2D eigenvalue weighted by Crippen LogP contribution is -2.66. The predicted octanol–water partition coefficient (Wildman–Crippen LogP) is 3.37. The molecule has 1 N–H and O–H groups in total. The number of nitrogens with zero attached hydrogens (tertiary/aromatic N) is 1. The Morgan fingerprint density at radius 2 is 2.05 bits per heavy atom. The van der Waals surface area contributed by atoms with E-state index in [0.29, 0.717) is 16.3 Å². The first-order valence-electron chi connectivity index (χ1n) is 7.98. The Kier molecular flexibility index (Phi) is 4.90.